The van der Waals surface area contributed by atoms with Crippen molar-refractivity contribution in [3.05, 3.63) is 40.1 Å². The minimum absolute atomic E-state index is 0.225. The van der Waals surface area contributed by atoms with Crippen LogP contribution in [0.4, 0.5) is 0 Å². The molecule has 140 valence electrons. The topological polar surface area (TPSA) is 50.2 Å². The summed E-state index contributed by atoms with van der Waals surface area (Å²) in [4.78, 5) is 21.4. The van der Waals surface area contributed by atoms with Crippen molar-refractivity contribution in [2.45, 2.75) is 51.6 Å². The third-order valence-corrected chi connectivity index (χ3v) is 7.03. The molecule has 0 aliphatic carbocycles. The molecule has 0 unspecified atom stereocenters. The van der Waals surface area contributed by atoms with E-state index in [1.807, 2.05) is 12.3 Å². The van der Waals surface area contributed by atoms with Crippen LogP contribution in [0.1, 0.15) is 58.5 Å². The summed E-state index contributed by atoms with van der Waals surface area (Å²) in [7, 11) is 0. The maximum Gasteiger partial charge on any atom is 0.263 e. The van der Waals surface area contributed by atoms with Crippen molar-refractivity contribution in [1.82, 2.24) is 19.8 Å². The van der Waals surface area contributed by atoms with Gasteiger partial charge >= 0.3 is 0 Å². The molecule has 0 aromatic carbocycles. The molecule has 1 atom stereocenters. The molecule has 0 bridgehead atoms. The molecule has 5 nitrogen and oxygen atoms in total. The molecule has 2 saturated heterocycles. The van der Waals surface area contributed by atoms with Gasteiger partial charge in [-0.05, 0) is 63.6 Å². The summed E-state index contributed by atoms with van der Waals surface area (Å²) >= 11 is 1.68. The van der Waals surface area contributed by atoms with Crippen LogP contribution in [0, 0.1) is 12.8 Å². The summed E-state index contributed by atoms with van der Waals surface area (Å²) < 4.78 is 2.22. The zero-order chi connectivity index (χ0) is 17.9. The number of rotatable bonds is 5. The Labute approximate surface area is 159 Å². The Morgan fingerprint density at radius 1 is 1.31 bits per heavy atom. The van der Waals surface area contributed by atoms with Gasteiger partial charge in [-0.2, -0.15) is 0 Å². The zero-order valence-electron chi connectivity index (χ0n) is 15.5. The number of amides is 1. The van der Waals surface area contributed by atoms with Gasteiger partial charge in [0.05, 0.1) is 4.88 Å². The Morgan fingerprint density at radius 2 is 2.15 bits per heavy atom. The second-order valence-corrected chi connectivity index (χ2v) is 8.66. The van der Waals surface area contributed by atoms with Gasteiger partial charge in [-0.3, -0.25) is 4.79 Å². The van der Waals surface area contributed by atoms with E-state index in [4.69, 9.17) is 0 Å². The fourth-order valence-corrected chi connectivity index (χ4v) is 5.21. The van der Waals surface area contributed by atoms with E-state index in [0.717, 1.165) is 49.7 Å². The van der Waals surface area contributed by atoms with Crippen LogP contribution in [0.5, 0.6) is 0 Å². The number of imidazole rings is 1. The molecule has 4 heterocycles. The van der Waals surface area contributed by atoms with Gasteiger partial charge in [-0.15, -0.1) is 11.3 Å². The lowest BCUT2D eigenvalue weighted by atomic mass is 9.93. The molecular formula is C20H28N4OS. The Morgan fingerprint density at radius 3 is 2.85 bits per heavy atom. The SMILES string of the molecule is Cc1nccn1CCC1CCN(C(=O)c2ccc([C@@H]3CCCN3)s2)CC1. The smallest absolute Gasteiger partial charge is 0.263 e. The number of hydrogen-bond acceptors (Lipinski definition) is 4. The number of aromatic nitrogens is 2. The molecule has 0 radical (unpaired) electrons. The average Bonchev–Trinajstić information content (AvgIpc) is 3.41. The van der Waals surface area contributed by atoms with Gasteiger partial charge < -0.3 is 14.8 Å². The molecule has 6 heteroatoms. The summed E-state index contributed by atoms with van der Waals surface area (Å²) in [6, 6.07) is 4.62. The molecule has 2 aliphatic heterocycles. The first-order valence-corrected chi connectivity index (χ1v) is 10.6. The summed E-state index contributed by atoms with van der Waals surface area (Å²) in [5.74, 6) is 2.02. The zero-order valence-corrected chi connectivity index (χ0v) is 16.3. The monoisotopic (exact) mass is 372 g/mol. The van der Waals surface area contributed by atoms with Crippen LogP contribution >= 0.6 is 11.3 Å². The quantitative estimate of drug-likeness (QED) is 0.872. The van der Waals surface area contributed by atoms with Crippen LogP contribution in [0.15, 0.2) is 24.5 Å². The maximum absolute atomic E-state index is 12.8. The van der Waals surface area contributed by atoms with Crippen LogP contribution in [0.2, 0.25) is 0 Å². The molecule has 26 heavy (non-hydrogen) atoms. The van der Waals surface area contributed by atoms with Gasteiger partial charge in [0.2, 0.25) is 0 Å². The van der Waals surface area contributed by atoms with Crippen LogP contribution in [0.25, 0.3) is 0 Å². The van der Waals surface area contributed by atoms with Gasteiger partial charge in [0.15, 0.2) is 0 Å². The lowest BCUT2D eigenvalue weighted by molar-refractivity contribution is 0.0690. The van der Waals surface area contributed by atoms with E-state index in [2.05, 4.69) is 39.0 Å². The fourth-order valence-electron chi connectivity index (χ4n) is 4.12. The fraction of sp³-hybridized carbons (Fsp3) is 0.600. The summed E-state index contributed by atoms with van der Waals surface area (Å²) in [5.41, 5.74) is 0. The highest BCUT2D eigenvalue weighted by Gasteiger charge is 2.26. The number of hydrogen-bond donors (Lipinski definition) is 1. The number of aryl methyl sites for hydroxylation is 2. The van der Waals surface area contributed by atoms with E-state index in [1.54, 1.807) is 11.3 Å². The van der Waals surface area contributed by atoms with E-state index in [0.29, 0.717) is 12.0 Å². The Balaban J connectivity index is 1.27. The van der Waals surface area contributed by atoms with Gasteiger partial charge in [0.1, 0.15) is 5.82 Å². The van der Waals surface area contributed by atoms with E-state index in [-0.39, 0.29) is 5.91 Å². The molecule has 2 aromatic heterocycles. The van der Waals surface area contributed by atoms with Crippen LogP contribution in [0.3, 0.4) is 0 Å². The lowest BCUT2D eigenvalue weighted by Crippen LogP contribution is -2.38. The molecule has 2 aromatic rings. The molecule has 1 amide bonds. The molecule has 4 rings (SSSR count). The van der Waals surface area contributed by atoms with E-state index in [1.165, 1.54) is 24.1 Å². The molecule has 2 fully saturated rings. The number of likely N-dealkylation sites (tertiary alicyclic amines) is 1. The van der Waals surface area contributed by atoms with Crippen molar-refractivity contribution >= 4 is 17.2 Å². The third kappa shape index (κ3) is 3.86. The third-order valence-electron chi connectivity index (χ3n) is 5.84. The van der Waals surface area contributed by atoms with Gasteiger partial charge in [-0.1, -0.05) is 0 Å². The van der Waals surface area contributed by atoms with Crippen LogP contribution in [-0.2, 0) is 6.54 Å². The Hall–Kier alpha value is -1.66. The highest BCUT2D eigenvalue weighted by Crippen LogP contribution is 2.31. The number of carbonyl (C=O) groups is 1. The lowest BCUT2D eigenvalue weighted by Gasteiger charge is -2.32. The minimum atomic E-state index is 0.225. The number of nitrogens with zero attached hydrogens (tertiary/aromatic N) is 3. The second kappa shape index (κ2) is 7.92. The first kappa shape index (κ1) is 17.7. The second-order valence-electron chi connectivity index (χ2n) is 7.54. The largest absolute Gasteiger partial charge is 0.338 e. The van der Waals surface area contributed by atoms with E-state index in [9.17, 15) is 4.79 Å². The van der Waals surface area contributed by atoms with Gasteiger partial charge in [0, 0.05) is 42.9 Å². The van der Waals surface area contributed by atoms with E-state index < -0.39 is 0 Å². The number of nitrogens with one attached hydrogen (secondary N) is 1. The van der Waals surface area contributed by atoms with Gasteiger partial charge in [0.25, 0.3) is 5.91 Å². The highest BCUT2D eigenvalue weighted by molar-refractivity contribution is 7.14. The van der Waals surface area contributed by atoms with Crippen molar-refractivity contribution in [3.63, 3.8) is 0 Å². The summed E-state index contributed by atoms with van der Waals surface area (Å²) in [5, 5.41) is 3.52. The Kier molecular flexibility index (Phi) is 5.41. The number of piperidine rings is 1. The normalized spacial score (nSPS) is 21.4. The molecule has 0 spiro atoms. The molecule has 2 aliphatic rings. The summed E-state index contributed by atoms with van der Waals surface area (Å²) in [6.45, 7) is 5.96. The highest BCUT2D eigenvalue weighted by atomic mass is 32.1. The van der Waals surface area contributed by atoms with Gasteiger partial charge in [-0.25, -0.2) is 4.98 Å². The summed E-state index contributed by atoms with van der Waals surface area (Å²) in [6.07, 6.45) is 9.75. The van der Waals surface area contributed by atoms with Crippen molar-refractivity contribution in [1.29, 1.82) is 0 Å². The Bertz CT molecular complexity index is 739. The maximum atomic E-state index is 12.8. The average molecular weight is 373 g/mol. The van der Waals surface area contributed by atoms with Crippen molar-refractivity contribution < 1.29 is 4.79 Å². The molecular weight excluding hydrogens is 344 g/mol. The van der Waals surface area contributed by atoms with Crippen molar-refractivity contribution in [3.8, 4) is 0 Å². The van der Waals surface area contributed by atoms with Crippen molar-refractivity contribution in [2.24, 2.45) is 5.92 Å². The predicted octanol–water partition coefficient (Wildman–Crippen LogP) is 3.62. The first-order valence-electron chi connectivity index (χ1n) is 9.81. The number of thiophene rings is 1. The molecule has 0 saturated carbocycles. The standard InChI is InChI=1S/C20H28N4OS/c1-15-21-10-14-23(15)11-6-16-7-12-24(13-8-16)20(25)19-5-4-18(26-19)17-3-2-9-22-17/h4-5,10,14,16-17,22H,2-3,6-9,11-13H2,1H3/t17-/m0/s1. The first-order chi connectivity index (χ1) is 12.7. The van der Waals surface area contributed by atoms with Crippen LogP contribution < -0.4 is 5.32 Å². The van der Waals surface area contributed by atoms with Crippen LogP contribution in [-0.4, -0.2) is 40.0 Å². The van der Waals surface area contributed by atoms with Crippen molar-refractivity contribution in [2.75, 3.05) is 19.6 Å². The minimum Gasteiger partial charge on any atom is -0.338 e. The van der Waals surface area contributed by atoms with E-state index >= 15 is 0 Å². The predicted molar refractivity (Wildman–Crippen MR) is 105 cm³/mol. The molecule has 1 N–H and O–H groups in total. The number of carbonyl (C=O) groups excluding carboxylic acids is 1.